The maximum Gasteiger partial charge on any atom is 0.324 e. The highest BCUT2D eigenvalue weighted by molar-refractivity contribution is 5.80. The topological polar surface area (TPSA) is 70.1 Å². The predicted molar refractivity (Wildman–Crippen MR) is 83.4 cm³/mol. The highest BCUT2D eigenvalue weighted by Crippen LogP contribution is 2.22. The summed E-state index contributed by atoms with van der Waals surface area (Å²) in [5, 5.41) is 0. The van der Waals surface area contributed by atoms with Crippen molar-refractivity contribution >= 4 is 6.03 Å². The largest absolute Gasteiger partial charge is 0.472 e. The number of carbonyl (C=O) groups excluding carboxylic acids is 1. The Morgan fingerprint density at radius 1 is 1.13 bits per heavy atom. The molecule has 5 nitrogen and oxygen atoms in total. The number of rotatable bonds is 4. The van der Waals surface area contributed by atoms with Crippen LogP contribution >= 0.6 is 0 Å². The van der Waals surface area contributed by atoms with Gasteiger partial charge in [0.05, 0.1) is 6.20 Å². The van der Waals surface area contributed by atoms with Gasteiger partial charge in [-0.2, -0.15) is 4.98 Å². The molecule has 0 aliphatic heterocycles. The molecule has 0 radical (unpaired) electrons. The van der Waals surface area contributed by atoms with Crippen molar-refractivity contribution in [1.82, 2.24) is 9.55 Å². The first-order chi connectivity index (χ1) is 11.1. The van der Waals surface area contributed by atoms with Gasteiger partial charge in [-0.15, -0.1) is 0 Å². The molecule has 116 valence electrons. The quantitative estimate of drug-likeness (QED) is 0.804. The first kappa shape index (κ1) is 14.8. The van der Waals surface area contributed by atoms with Crippen molar-refractivity contribution in [2.45, 2.75) is 6.61 Å². The molecule has 0 saturated heterocycles. The molecule has 0 fully saturated rings. The van der Waals surface area contributed by atoms with E-state index in [1.165, 1.54) is 22.9 Å². The number of nitrogens with two attached hydrogens (primary N) is 1. The van der Waals surface area contributed by atoms with Crippen molar-refractivity contribution in [1.29, 1.82) is 0 Å². The maximum absolute atomic E-state index is 12.9. The van der Waals surface area contributed by atoms with Crippen molar-refractivity contribution in [3.63, 3.8) is 0 Å². The second-order valence-corrected chi connectivity index (χ2v) is 4.89. The van der Waals surface area contributed by atoms with Gasteiger partial charge in [0.1, 0.15) is 12.4 Å². The maximum atomic E-state index is 12.9. The first-order valence-corrected chi connectivity index (χ1v) is 6.95. The standard InChI is InChI=1S/C17H14FN3O2/c18-14-8-6-12(7-9-14)11-23-15-10-21(17(19)22)16(20-15)13-4-2-1-3-5-13/h1-10H,11H2,(H2,19,22). The highest BCUT2D eigenvalue weighted by Gasteiger charge is 2.14. The Morgan fingerprint density at radius 3 is 2.48 bits per heavy atom. The average molecular weight is 311 g/mol. The molecule has 2 N–H and O–H groups in total. The van der Waals surface area contributed by atoms with E-state index in [4.69, 9.17) is 10.5 Å². The molecule has 23 heavy (non-hydrogen) atoms. The number of halogens is 1. The Hall–Kier alpha value is -3.15. The zero-order chi connectivity index (χ0) is 16.2. The highest BCUT2D eigenvalue weighted by atomic mass is 19.1. The summed E-state index contributed by atoms with van der Waals surface area (Å²) >= 11 is 0. The summed E-state index contributed by atoms with van der Waals surface area (Å²) in [4.78, 5) is 15.9. The van der Waals surface area contributed by atoms with Gasteiger partial charge in [0, 0.05) is 5.56 Å². The Bertz CT molecular complexity index is 814. The van der Waals surface area contributed by atoms with Crippen LogP contribution < -0.4 is 10.5 Å². The van der Waals surface area contributed by atoms with Gasteiger partial charge in [0.25, 0.3) is 0 Å². The Morgan fingerprint density at radius 2 is 1.83 bits per heavy atom. The summed E-state index contributed by atoms with van der Waals surface area (Å²) < 4.78 is 19.7. The minimum Gasteiger partial charge on any atom is -0.472 e. The van der Waals surface area contributed by atoms with Crippen LogP contribution in [0.25, 0.3) is 11.4 Å². The number of benzene rings is 2. The summed E-state index contributed by atoms with van der Waals surface area (Å²) in [6.45, 7) is 0.213. The van der Waals surface area contributed by atoms with E-state index in [1.54, 1.807) is 12.1 Å². The fraction of sp³-hybridized carbons (Fsp3) is 0.0588. The van der Waals surface area contributed by atoms with E-state index in [9.17, 15) is 9.18 Å². The number of hydrogen-bond acceptors (Lipinski definition) is 3. The van der Waals surface area contributed by atoms with Gasteiger partial charge in [0.15, 0.2) is 5.82 Å². The summed E-state index contributed by atoms with van der Waals surface area (Å²) in [5.74, 6) is 0.373. The second-order valence-electron chi connectivity index (χ2n) is 4.89. The van der Waals surface area contributed by atoms with Gasteiger partial charge in [-0.1, -0.05) is 42.5 Å². The van der Waals surface area contributed by atoms with Gasteiger partial charge in [-0.25, -0.2) is 13.8 Å². The number of primary amides is 1. The lowest BCUT2D eigenvalue weighted by atomic mass is 10.2. The van der Waals surface area contributed by atoms with E-state index in [2.05, 4.69) is 4.98 Å². The van der Waals surface area contributed by atoms with Gasteiger partial charge in [0.2, 0.25) is 5.88 Å². The van der Waals surface area contributed by atoms with Crippen LogP contribution in [0.2, 0.25) is 0 Å². The third kappa shape index (κ3) is 3.37. The van der Waals surface area contributed by atoms with Crippen LogP contribution in [0.5, 0.6) is 5.88 Å². The van der Waals surface area contributed by atoms with E-state index in [-0.39, 0.29) is 18.3 Å². The lowest BCUT2D eigenvalue weighted by molar-refractivity contribution is 0.250. The Balaban J connectivity index is 1.83. The summed E-state index contributed by atoms with van der Waals surface area (Å²) in [5.41, 5.74) is 6.92. The molecule has 1 heterocycles. The normalized spacial score (nSPS) is 10.5. The van der Waals surface area contributed by atoms with Crippen molar-refractivity contribution in [3.8, 4) is 17.3 Å². The van der Waals surface area contributed by atoms with Crippen LogP contribution in [0, 0.1) is 5.82 Å². The van der Waals surface area contributed by atoms with Crippen LogP contribution in [0.1, 0.15) is 5.56 Å². The van der Waals surface area contributed by atoms with E-state index < -0.39 is 6.03 Å². The molecule has 0 unspecified atom stereocenters. The molecular formula is C17H14FN3O2. The van der Waals surface area contributed by atoms with E-state index in [0.717, 1.165) is 11.1 Å². The molecule has 6 heteroatoms. The van der Waals surface area contributed by atoms with Crippen molar-refractivity contribution in [3.05, 3.63) is 72.2 Å². The minimum absolute atomic E-state index is 0.213. The zero-order valence-electron chi connectivity index (χ0n) is 12.1. The van der Waals surface area contributed by atoms with Crippen LogP contribution in [0.15, 0.2) is 60.8 Å². The van der Waals surface area contributed by atoms with Crippen LogP contribution in [-0.4, -0.2) is 15.6 Å². The molecule has 2 aromatic carbocycles. The van der Waals surface area contributed by atoms with E-state index in [1.807, 2.05) is 30.3 Å². The molecule has 0 saturated carbocycles. The van der Waals surface area contributed by atoms with Crippen LogP contribution in [0.4, 0.5) is 9.18 Å². The molecule has 1 amide bonds. The number of aromatic nitrogens is 2. The predicted octanol–water partition coefficient (Wildman–Crippen LogP) is 3.20. The first-order valence-electron chi connectivity index (χ1n) is 6.95. The summed E-state index contributed by atoms with van der Waals surface area (Å²) in [6.07, 6.45) is 1.44. The van der Waals surface area contributed by atoms with Crippen molar-refractivity contribution in [2.75, 3.05) is 0 Å². The second kappa shape index (κ2) is 6.31. The Kier molecular flexibility index (Phi) is 4.05. The molecule has 1 aromatic heterocycles. The molecule has 0 aliphatic rings. The van der Waals surface area contributed by atoms with Gasteiger partial charge < -0.3 is 10.5 Å². The zero-order valence-corrected chi connectivity index (χ0v) is 12.1. The molecule has 0 atom stereocenters. The number of hydrogen-bond donors (Lipinski definition) is 1. The van der Waals surface area contributed by atoms with Crippen molar-refractivity contribution < 1.29 is 13.9 Å². The smallest absolute Gasteiger partial charge is 0.324 e. The number of carbonyl (C=O) groups is 1. The average Bonchev–Trinajstić information content (AvgIpc) is 3.00. The monoisotopic (exact) mass is 311 g/mol. The van der Waals surface area contributed by atoms with E-state index in [0.29, 0.717) is 5.82 Å². The van der Waals surface area contributed by atoms with Gasteiger partial charge >= 0.3 is 6.03 Å². The fourth-order valence-electron chi connectivity index (χ4n) is 2.12. The molecule has 3 aromatic rings. The third-order valence-electron chi connectivity index (χ3n) is 3.25. The van der Waals surface area contributed by atoms with Crippen molar-refractivity contribution in [2.24, 2.45) is 5.73 Å². The van der Waals surface area contributed by atoms with Gasteiger partial charge in [-0.05, 0) is 17.7 Å². The van der Waals surface area contributed by atoms with Crippen LogP contribution in [0.3, 0.4) is 0 Å². The minimum atomic E-state index is -0.645. The number of imidazole rings is 1. The SMILES string of the molecule is NC(=O)n1cc(OCc2ccc(F)cc2)nc1-c1ccccc1. The molecule has 3 rings (SSSR count). The number of amides is 1. The fourth-order valence-corrected chi connectivity index (χ4v) is 2.12. The molecule has 0 bridgehead atoms. The number of nitrogens with zero attached hydrogens (tertiary/aromatic N) is 2. The molecule has 0 aliphatic carbocycles. The van der Waals surface area contributed by atoms with E-state index >= 15 is 0 Å². The summed E-state index contributed by atoms with van der Waals surface area (Å²) in [7, 11) is 0. The lowest BCUT2D eigenvalue weighted by Crippen LogP contribution is -2.19. The lowest BCUT2D eigenvalue weighted by Gasteiger charge is -2.02. The molecule has 0 spiro atoms. The van der Waals surface area contributed by atoms with Crippen LogP contribution in [-0.2, 0) is 6.61 Å². The third-order valence-corrected chi connectivity index (χ3v) is 3.25. The molecular weight excluding hydrogens is 297 g/mol. The number of ether oxygens (including phenoxy) is 1. The summed E-state index contributed by atoms with van der Waals surface area (Å²) in [6, 6.07) is 14.5. The Labute approximate surface area is 132 Å². The van der Waals surface area contributed by atoms with Gasteiger partial charge in [-0.3, -0.25) is 0 Å².